The van der Waals surface area contributed by atoms with Crippen molar-refractivity contribution in [1.29, 1.82) is 0 Å². The first kappa shape index (κ1) is 23.9. The molecule has 2 aromatic heterocycles. The molecule has 9 nitrogen and oxygen atoms in total. The topological polar surface area (TPSA) is 115 Å². The van der Waals surface area contributed by atoms with Gasteiger partial charge in [0.15, 0.2) is 28.8 Å². The Kier molecular flexibility index (Phi) is 6.27. The molecule has 2 aromatic carbocycles. The van der Waals surface area contributed by atoms with E-state index in [0.717, 1.165) is 5.56 Å². The number of benzene rings is 2. The summed E-state index contributed by atoms with van der Waals surface area (Å²) in [4.78, 5) is 27.9. The minimum atomic E-state index is -1.02. The van der Waals surface area contributed by atoms with Crippen molar-refractivity contribution in [1.82, 2.24) is 5.16 Å². The lowest BCUT2D eigenvalue weighted by molar-refractivity contribution is -0.117. The van der Waals surface area contributed by atoms with E-state index in [4.69, 9.17) is 18.4 Å². The Morgan fingerprint density at radius 3 is 2.46 bits per heavy atom. The van der Waals surface area contributed by atoms with Crippen LogP contribution in [0.1, 0.15) is 39.2 Å². The molecule has 0 fully saturated rings. The van der Waals surface area contributed by atoms with Gasteiger partial charge in [0.25, 0.3) is 5.91 Å². The highest BCUT2D eigenvalue weighted by Gasteiger charge is 2.46. The molecular formula is C28H24N2O7. The van der Waals surface area contributed by atoms with E-state index in [0.29, 0.717) is 35.2 Å². The zero-order chi connectivity index (χ0) is 26.1. The quantitative estimate of drug-likeness (QED) is 0.326. The number of anilines is 1. The summed E-state index contributed by atoms with van der Waals surface area (Å²) in [6, 6.07) is 18.4. The van der Waals surface area contributed by atoms with Gasteiger partial charge in [-0.1, -0.05) is 41.6 Å². The number of methoxy groups -OCH3 is 1. The molecule has 0 aliphatic carbocycles. The molecule has 3 heterocycles. The van der Waals surface area contributed by atoms with Gasteiger partial charge >= 0.3 is 0 Å². The highest BCUT2D eigenvalue weighted by Crippen LogP contribution is 2.44. The van der Waals surface area contributed by atoms with Crippen molar-refractivity contribution in [2.24, 2.45) is 0 Å². The first-order valence-corrected chi connectivity index (χ1v) is 11.5. The van der Waals surface area contributed by atoms with Crippen LogP contribution in [0.4, 0.5) is 5.82 Å². The number of Topliss-reactive ketones (excluding diaryl/α,β-unsaturated/α-hetero) is 1. The highest BCUT2D eigenvalue weighted by atomic mass is 16.5. The molecule has 1 aliphatic rings. The Morgan fingerprint density at radius 2 is 1.81 bits per heavy atom. The molecule has 9 heteroatoms. The molecule has 0 saturated carbocycles. The Labute approximate surface area is 212 Å². The van der Waals surface area contributed by atoms with E-state index in [1.165, 1.54) is 18.1 Å². The van der Waals surface area contributed by atoms with Crippen molar-refractivity contribution in [3.05, 3.63) is 106 Å². The highest BCUT2D eigenvalue weighted by molar-refractivity contribution is 6.20. The summed E-state index contributed by atoms with van der Waals surface area (Å²) in [5.41, 5.74) is 1.34. The van der Waals surface area contributed by atoms with E-state index in [9.17, 15) is 14.7 Å². The summed E-state index contributed by atoms with van der Waals surface area (Å²) < 4.78 is 22.2. The summed E-state index contributed by atoms with van der Waals surface area (Å²) in [6.07, 6.45) is 0. The second-order valence-corrected chi connectivity index (χ2v) is 8.56. The van der Waals surface area contributed by atoms with Gasteiger partial charge in [-0.2, -0.15) is 0 Å². The summed E-state index contributed by atoms with van der Waals surface area (Å²) in [6.45, 7) is 3.70. The number of furan rings is 1. The van der Waals surface area contributed by atoms with Gasteiger partial charge in [0.05, 0.1) is 18.7 Å². The lowest BCUT2D eigenvalue weighted by Gasteiger charge is -2.25. The van der Waals surface area contributed by atoms with Crippen molar-refractivity contribution in [2.45, 2.75) is 26.5 Å². The van der Waals surface area contributed by atoms with Crippen LogP contribution in [0.25, 0.3) is 0 Å². The number of hydrogen-bond donors (Lipinski definition) is 1. The Morgan fingerprint density at radius 1 is 1.03 bits per heavy atom. The van der Waals surface area contributed by atoms with Crippen molar-refractivity contribution in [2.75, 3.05) is 12.0 Å². The van der Waals surface area contributed by atoms with Gasteiger partial charge in [-0.15, -0.1) is 0 Å². The molecule has 0 saturated heterocycles. The maximum absolute atomic E-state index is 13.5. The number of aliphatic hydroxyl groups excluding tert-OH is 1. The van der Waals surface area contributed by atoms with Gasteiger partial charge in [-0.25, -0.2) is 0 Å². The van der Waals surface area contributed by atoms with Gasteiger partial charge in [0.1, 0.15) is 18.1 Å². The summed E-state index contributed by atoms with van der Waals surface area (Å²) in [5, 5.41) is 14.8. The van der Waals surface area contributed by atoms with Gasteiger partial charge < -0.3 is 23.5 Å². The first-order valence-electron chi connectivity index (χ1n) is 11.5. The van der Waals surface area contributed by atoms with Gasteiger partial charge in [-0.3, -0.25) is 14.5 Å². The molecule has 1 N–H and O–H groups in total. The van der Waals surface area contributed by atoms with E-state index in [1.54, 1.807) is 44.2 Å². The molecule has 4 aromatic rings. The zero-order valence-electron chi connectivity index (χ0n) is 20.4. The number of aryl methyl sites for hydroxylation is 2. The van der Waals surface area contributed by atoms with Gasteiger partial charge in [0, 0.05) is 6.07 Å². The number of amides is 1. The number of carbonyl (C=O) groups is 2. The molecule has 1 amide bonds. The van der Waals surface area contributed by atoms with Crippen LogP contribution >= 0.6 is 0 Å². The minimum absolute atomic E-state index is 0.00446. The third-order valence-electron chi connectivity index (χ3n) is 6.02. The number of ether oxygens (including phenoxy) is 2. The molecule has 0 radical (unpaired) electrons. The summed E-state index contributed by atoms with van der Waals surface area (Å²) >= 11 is 0. The van der Waals surface area contributed by atoms with E-state index in [2.05, 4.69) is 5.16 Å². The number of aromatic nitrogens is 1. The second-order valence-electron chi connectivity index (χ2n) is 8.56. The number of ketones is 1. The van der Waals surface area contributed by atoms with Crippen molar-refractivity contribution in [3.8, 4) is 11.5 Å². The fourth-order valence-electron chi connectivity index (χ4n) is 4.25. The SMILES string of the molecule is COc1cc([C@@H]2C(C(=O)c3ccc(C)o3)=C(O)C(=O)N2c2cc(C)on2)ccc1OCc1ccccc1. The fourth-order valence-corrected chi connectivity index (χ4v) is 4.25. The molecule has 188 valence electrons. The minimum Gasteiger partial charge on any atom is -0.503 e. The molecule has 1 atom stereocenters. The molecule has 0 bridgehead atoms. The van der Waals surface area contributed by atoms with Crippen LogP contribution in [-0.2, 0) is 11.4 Å². The third-order valence-corrected chi connectivity index (χ3v) is 6.02. The third kappa shape index (κ3) is 4.47. The number of nitrogens with zero attached hydrogens (tertiary/aromatic N) is 2. The summed E-state index contributed by atoms with van der Waals surface area (Å²) in [7, 11) is 1.50. The maximum atomic E-state index is 13.5. The van der Waals surface area contributed by atoms with Crippen LogP contribution in [0.3, 0.4) is 0 Å². The lowest BCUT2D eigenvalue weighted by Crippen LogP contribution is -2.31. The van der Waals surface area contributed by atoms with Crippen molar-refractivity contribution in [3.63, 3.8) is 0 Å². The van der Waals surface area contributed by atoms with E-state index < -0.39 is 23.5 Å². The van der Waals surface area contributed by atoms with Crippen LogP contribution in [0.2, 0.25) is 0 Å². The fraction of sp³-hybridized carbons (Fsp3) is 0.179. The molecule has 0 unspecified atom stereocenters. The van der Waals surface area contributed by atoms with E-state index in [1.807, 2.05) is 30.3 Å². The molecule has 5 rings (SSSR count). The largest absolute Gasteiger partial charge is 0.503 e. The van der Waals surface area contributed by atoms with Crippen LogP contribution in [0.5, 0.6) is 11.5 Å². The van der Waals surface area contributed by atoms with Crippen LogP contribution in [-0.4, -0.2) is 29.1 Å². The smallest absolute Gasteiger partial charge is 0.295 e. The normalized spacial score (nSPS) is 15.4. The lowest BCUT2D eigenvalue weighted by atomic mass is 9.94. The number of rotatable bonds is 8. The average molecular weight is 501 g/mol. The van der Waals surface area contributed by atoms with Crippen LogP contribution in [0.15, 0.2) is 87.0 Å². The molecule has 1 aliphatic heterocycles. The zero-order valence-corrected chi connectivity index (χ0v) is 20.4. The maximum Gasteiger partial charge on any atom is 0.295 e. The standard InChI is InChI=1S/C28H24N2O7/c1-16-9-11-21(36-16)26(31)24-25(30(28(33)27(24)32)23-13-17(2)37-29-23)19-10-12-20(22(14-19)34-3)35-15-18-7-5-4-6-8-18/h4-14,25,32H,15H2,1-3H3/t25-/m1/s1. The second kappa shape index (κ2) is 9.69. The van der Waals surface area contributed by atoms with E-state index >= 15 is 0 Å². The first-order chi connectivity index (χ1) is 17.9. The van der Waals surface area contributed by atoms with Crippen molar-refractivity contribution >= 4 is 17.5 Å². The number of aliphatic hydroxyl groups is 1. The Hall–Kier alpha value is -4.79. The summed E-state index contributed by atoms with van der Waals surface area (Å²) in [5.74, 6) is -0.0724. The van der Waals surface area contributed by atoms with Crippen molar-refractivity contribution < 1.29 is 33.1 Å². The molecule has 37 heavy (non-hydrogen) atoms. The van der Waals surface area contributed by atoms with Gasteiger partial charge in [-0.05, 0) is 49.2 Å². The monoisotopic (exact) mass is 500 g/mol. The molecular weight excluding hydrogens is 476 g/mol. The predicted octanol–water partition coefficient (Wildman–Crippen LogP) is 5.25. The number of carbonyl (C=O) groups excluding carboxylic acids is 2. The average Bonchev–Trinajstić information content (AvgIpc) is 3.61. The Bertz CT molecular complexity index is 1500. The number of hydrogen-bond acceptors (Lipinski definition) is 8. The van der Waals surface area contributed by atoms with Crippen LogP contribution < -0.4 is 14.4 Å². The molecule has 0 spiro atoms. The van der Waals surface area contributed by atoms with Crippen LogP contribution in [0, 0.1) is 13.8 Å². The Balaban J connectivity index is 1.56. The predicted molar refractivity (Wildman–Crippen MR) is 133 cm³/mol. The van der Waals surface area contributed by atoms with E-state index in [-0.39, 0.29) is 17.2 Å². The van der Waals surface area contributed by atoms with Gasteiger partial charge in [0.2, 0.25) is 5.78 Å².